The van der Waals surface area contributed by atoms with Gasteiger partial charge in [-0.3, -0.25) is 9.52 Å². The highest BCUT2D eigenvalue weighted by Gasteiger charge is 2.18. The number of rotatable bonds is 5. The van der Waals surface area contributed by atoms with Crippen LogP contribution in [0.1, 0.15) is 28.4 Å². The smallest absolute Gasteiger partial charge is 0.261 e. The molecule has 6 heteroatoms. The summed E-state index contributed by atoms with van der Waals surface area (Å²) in [6.45, 7) is 5.95. The lowest BCUT2D eigenvalue weighted by Gasteiger charge is -2.11. The molecule has 1 amide bonds. The SMILES string of the molecule is CCNC(=O)c1cc(S(=O)(=O)Nc2cccc(C)c2)ccc1C. The highest BCUT2D eigenvalue weighted by atomic mass is 32.2. The number of hydrogen-bond acceptors (Lipinski definition) is 3. The van der Waals surface area contributed by atoms with Crippen LogP contribution in [0, 0.1) is 13.8 Å². The molecule has 0 fully saturated rings. The molecule has 0 heterocycles. The number of hydrogen-bond donors (Lipinski definition) is 2. The Labute approximate surface area is 136 Å². The molecule has 0 aromatic heterocycles. The molecule has 2 aromatic carbocycles. The molecular weight excluding hydrogens is 312 g/mol. The fourth-order valence-corrected chi connectivity index (χ4v) is 3.27. The van der Waals surface area contributed by atoms with Gasteiger partial charge in [-0.15, -0.1) is 0 Å². The van der Waals surface area contributed by atoms with Gasteiger partial charge in [-0.25, -0.2) is 8.42 Å². The molecule has 0 spiro atoms. The molecule has 0 radical (unpaired) electrons. The van der Waals surface area contributed by atoms with Crippen molar-refractivity contribution in [2.24, 2.45) is 0 Å². The van der Waals surface area contributed by atoms with Gasteiger partial charge in [0, 0.05) is 17.8 Å². The summed E-state index contributed by atoms with van der Waals surface area (Å²) >= 11 is 0. The first-order valence-corrected chi connectivity index (χ1v) is 8.80. The second kappa shape index (κ2) is 6.83. The summed E-state index contributed by atoms with van der Waals surface area (Å²) in [4.78, 5) is 12.1. The molecule has 0 saturated carbocycles. The van der Waals surface area contributed by atoms with E-state index in [9.17, 15) is 13.2 Å². The van der Waals surface area contributed by atoms with Crippen LogP contribution in [-0.4, -0.2) is 20.9 Å². The average molecular weight is 332 g/mol. The van der Waals surface area contributed by atoms with E-state index in [2.05, 4.69) is 10.0 Å². The summed E-state index contributed by atoms with van der Waals surface area (Å²) < 4.78 is 27.6. The highest BCUT2D eigenvalue weighted by molar-refractivity contribution is 7.92. The van der Waals surface area contributed by atoms with Gasteiger partial charge in [-0.2, -0.15) is 0 Å². The Bertz CT molecular complexity index is 829. The highest BCUT2D eigenvalue weighted by Crippen LogP contribution is 2.20. The minimum absolute atomic E-state index is 0.0610. The van der Waals surface area contributed by atoms with E-state index in [-0.39, 0.29) is 10.8 Å². The van der Waals surface area contributed by atoms with Crippen molar-refractivity contribution in [2.45, 2.75) is 25.7 Å². The maximum Gasteiger partial charge on any atom is 0.261 e. The van der Waals surface area contributed by atoms with E-state index >= 15 is 0 Å². The van der Waals surface area contributed by atoms with Gasteiger partial charge in [0.1, 0.15) is 0 Å². The lowest BCUT2D eigenvalue weighted by atomic mass is 10.1. The van der Waals surface area contributed by atoms with Crippen LogP contribution in [0.5, 0.6) is 0 Å². The summed E-state index contributed by atoms with van der Waals surface area (Å²) in [6.07, 6.45) is 0. The summed E-state index contributed by atoms with van der Waals surface area (Å²) in [5.41, 5.74) is 2.53. The van der Waals surface area contributed by atoms with Crippen LogP contribution in [0.25, 0.3) is 0 Å². The summed E-state index contributed by atoms with van der Waals surface area (Å²) in [7, 11) is -3.75. The Balaban J connectivity index is 2.36. The van der Waals surface area contributed by atoms with E-state index in [1.807, 2.05) is 19.9 Å². The number of carbonyl (C=O) groups excluding carboxylic acids is 1. The van der Waals surface area contributed by atoms with Crippen LogP contribution in [0.2, 0.25) is 0 Å². The van der Waals surface area contributed by atoms with E-state index < -0.39 is 10.0 Å². The van der Waals surface area contributed by atoms with Crippen LogP contribution >= 0.6 is 0 Å². The first-order valence-electron chi connectivity index (χ1n) is 7.32. The second-order valence-electron chi connectivity index (χ2n) is 5.31. The number of benzene rings is 2. The predicted octanol–water partition coefficient (Wildman–Crippen LogP) is 2.85. The Morgan fingerprint density at radius 1 is 1.09 bits per heavy atom. The molecule has 122 valence electrons. The summed E-state index contributed by atoms with van der Waals surface area (Å²) in [5, 5.41) is 2.68. The van der Waals surface area contributed by atoms with Crippen molar-refractivity contribution in [1.29, 1.82) is 0 Å². The Morgan fingerprint density at radius 2 is 1.83 bits per heavy atom. The van der Waals surface area contributed by atoms with Crippen molar-refractivity contribution in [2.75, 3.05) is 11.3 Å². The first-order chi connectivity index (χ1) is 10.8. The largest absolute Gasteiger partial charge is 0.352 e. The van der Waals surface area contributed by atoms with Crippen molar-refractivity contribution >= 4 is 21.6 Å². The molecule has 0 saturated heterocycles. The van der Waals surface area contributed by atoms with E-state index in [4.69, 9.17) is 0 Å². The fourth-order valence-electron chi connectivity index (χ4n) is 2.19. The van der Waals surface area contributed by atoms with E-state index in [1.165, 1.54) is 12.1 Å². The molecule has 2 rings (SSSR count). The van der Waals surface area contributed by atoms with Crippen LogP contribution < -0.4 is 10.0 Å². The topological polar surface area (TPSA) is 75.3 Å². The number of sulfonamides is 1. The van der Waals surface area contributed by atoms with E-state index in [0.717, 1.165) is 11.1 Å². The molecule has 0 aliphatic carbocycles. The lowest BCUT2D eigenvalue weighted by Crippen LogP contribution is -2.24. The van der Waals surface area contributed by atoms with Crippen molar-refractivity contribution in [1.82, 2.24) is 5.32 Å². The van der Waals surface area contributed by atoms with Gasteiger partial charge >= 0.3 is 0 Å². The van der Waals surface area contributed by atoms with Crippen LogP contribution in [0.4, 0.5) is 5.69 Å². The molecule has 0 bridgehead atoms. The van der Waals surface area contributed by atoms with E-state index in [0.29, 0.717) is 17.8 Å². The molecule has 23 heavy (non-hydrogen) atoms. The zero-order valence-electron chi connectivity index (χ0n) is 13.4. The quantitative estimate of drug-likeness (QED) is 0.884. The van der Waals surface area contributed by atoms with Gasteiger partial charge in [-0.05, 0) is 56.2 Å². The van der Waals surface area contributed by atoms with Gasteiger partial charge in [0.2, 0.25) is 0 Å². The maximum atomic E-state index is 12.5. The zero-order valence-corrected chi connectivity index (χ0v) is 14.2. The minimum Gasteiger partial charge on any atom is -0.352 e. The maximum absolute atomic E-state index is 12.5. The molecule has 0 unspecified atom stereocenters. The normalized spacial score (nSPS) is 11.1. The van der Waals surface area contributed by atoms with E-state index in [1.54, 1.807) is 31.2 Å². The van der Waals surface area contributed by atoms with Crippen molar-refractivity contribution in [3.63, 3.8) is 0 Å². The van der Waals surface area contributed by atoms with Gasteiger partial charge in [0.05, 0.1) is 4.90 Å². The number of anilines is 1. The van der Waals surface area contributed by atoms with Crippen molar-refractivity contribution in [3.05, 3.63) is 59.2 Å². The second-order valence-corrected chi connectivity index (χ2v) is 6.99. The standard InChI is InChI=1S/C17H20N2O3S/c1-4-18-17(20)16-11-15(9-8-13(16)3)23(21,22)19-14-7-5-6-12(2)10-14/h5-11,19H,4H2,1-3H3,(H,18,20). The van der Waals surface area contributed by atoms with Crippen molar-refractivity contribution < 1.29 is 13.2 Å². The van der Waals surface area contributed by atoms with Gasteiger partial charge in [0.15, 0.2) is 0 Å². The molecule has 0 atom stereocenters. The molecule has 2 aromatic rings. The Morgan fingerprint density at radius 3 is 2.48 bits per heavy atom. The van der Waals surface area contributed by atoms with Crippen molar-refractivity contribution in [3.8, 4) is 0 Å². The van der Waals surface area contributed by atoms with Gasteiger partial charge < -0.3 is 5.32 Å². The Hall–Kier alpha value is -2.34. The summed E-state index contributed by atoms with van der Waals surface area (Å²) in [6, 6.07) is 11.6. The number of amides is 1. The predicted molar refractivity (Wildman–Crippen MR) is 91.2 cm³/mol. The number of carbonyl (C=O) groups is 1. The van der Waals surface area contributed by atoms with Crippen LogP contribution in [0.3, 0.4) is 0 Å². The third-order valence-electron chi connectivity index (χ3n) is 3.37. The average Bonchev–Trinajstić information content (AvgIpc) is 2.47. The minimum atomic E-state index is -3.75. The first kappa shape index (κ1) is 17.0. The molecule has 2 N–H and O–H groups in total. The molecule has 0 aliphatic rings. The summed E-state index contributed by atoms with van der Waals surface area (Å²) in [5.74, 6) is -0.280. The van der Waals surface area contributed by atoms with Gasteiger partial charge in [-0.1, -0.05) is 18.2 Å². The number of nitrogens with one attached hydrogen (secondary N) is 2. The lowest BCUT2D eigenvalue weighted by molar-refractivity contribution is 0.0955. The molecule has 5 nitrogen and oxygen atoms in total. The monoisotopic (exact) mass is 332 g/mol. The van der Waals surface area contributed by atoms with Crippen LogP contribution in [0.15, 0.2) is 47.4 Å². The van der Waals surface area contributed by atoms with Gasteiger partial charge in [0.25, 0.3) is 15.9 Å². The number of aryl methyl sites for hydroxylation is 2. The molecule has 0 aliphatic heterocycles. The van der Waals surface area contributed by atoms with Crippen LogP contribution in [-0.2, 0) is 10.0 Å². The third-order valence-corrected chi connectivity index (χ3v) is 4.75. The molecular formula is C17H20N2O3S. The Kier molecular flexibility index (Phi) is 5.05. The fraction of sp³-hybridized carbons (Fsp3) is 0.235. The zero-order chi connectivity index (χ0) is 17.0. The third kappa shape index (κ3) is 4.10.